The molecule has 3 aliphatic heterocycles. The lowest BCUT2D eigenvalue weighted by molar-refractivity contribution is -0.131. The highest BCUT2D eigenvalue weighted by Crippen LogP contribution is 2.43. The smallest absolute Gasteiger partial charge is 0.319 e. The van der Waals surface area contributed by atoms with E-state index in [1.165, 1.54) is 11.0 Å². The van der Waals surface area contributed by atoms with Gasteiger partial charge in [0.1, 0.15) is 29.9 Å². The summed E-state index contributed by atoms with van der Waals surface area (Å²) in [4.78, 5) is 27.1. The molecule has 13 heteroatoms. The topological polar surface area (TPSA) is 106 Å². The van der Waals surface area contributed by atoms with Gasteiger partial charge in [-0.25, -0.2) is 13.2 Å². The van der Waals surface area contributed by atoms with Crippen LogP contribution in [-0.2, 0) is 11.2 Å². The summed E-state index contributed by atoms with van der Waals surface area (Å²) in [6.45, 7) is 6.69. The number of phenols is 1. The van der Waals surface area contributed by atoms with Crippen molar-refractivity contribution < 1.29 is 27.8 Å². The van der Waals surface area contributed by atoms with E-state index in [2.05, 4.69) is 22.5 Å². The number of anilines is 1. The largest absolute Gasteiger partial charge is 0.508 e. The molecule has 0 aliphatic carbocycles. The number of phenolic OH excluding ortho intramolecular Hbond substituents is 1. The molecule has 3 aromatic carbocycles. The van der Waals surface area contributed by atoms with Crippen molar-refractivity contribution in [3.8, 4) is 29.0 Å². The molecule has 3 fully saturated rings. The molecule has 9 nitrogen and oxygen atoms in total. The second-order valence-corrected chi connectivity index (χ2v) is 13.8. The minimum Gasteiger partial charge on any atom is -0.508 e. The quantitative estimate of drug-likeness (QED) is 0.198. The van der Waals surface area contributed by atoms with Gasteiger partial charge in [0.2, 0.25) is 0 Å². The van der Waals surface area contributed by atoms with Gasteiger partial charge in [0, 0.05) is 48.6 Å². The minimum atomic E-state index is -1.12. The number of rotatable bonds is 8. The van der Waals surface area contributed by atoms with E-state index >= 15 is 4.39 Å². The van der Waals surface area contributed by atoms with E-state index in [1.54, 1.807) is 30.3 Å². The summed E-state index contributed by atoms with van der Waals surface area (Å²) in [5.41, 5.74) is 0.882. The molecule has 3 aliphatic rings. The summed E-state index contributed by atoms with van der Waals surface area (Å²) in [5, 5.41) is 22.5. The fraction of sp³-hybridized carbons (Fsp3) is 0.405. The van der Waals surface area contributed by atoms with E-state index in [0.717, 1.165) is 24.9 Å². The first-order chi connectivity index (χ1) is 24.0. The number of hydrogen-bond donors (Lipinski definition) is 1. The van der Waals surface area contributed by atoms with Gasteiger partial charge in [-0.3, -0.25) is 9.69 Å². The number of aromatic nitrogens is 2. The highest BCUT2D eigenvalue weighted by Gasteiger charge is 2.49. The first-order valence-corrected chi connectivity index (χ1v) is 17.1. The third-order valence-electron chi connectivity index (χ3n) is 10.4. The van der Waals surface area contributed by atoms with Crippen LogP contribution in [0.15, 0.2) is 48.8 Å². The van der Waals surface area contributed by atoms with Crippen LogP contribution in [0.5, 0.6) is 11.8 Å². The Balaban J connectivity index is 1.36. The number of carbonyl (C=O) groups is 1. The highest BCUT2D eigenvalue weighted by molar-refractivity contribution is 6.32. The molecule has 260 valence electrons. The van der Waals surface area contributed by atoms with Crippen molar-refractivity contribution in [3.63, 3.8) is 0 Å². The van der Waals surface area contributed by atoms with Gasteiger partial charge >= 0.3 is 6.01 Å². The summed E-state index contributed by atoms with van der Waals surface area (Å²) in [7, 11) is 0. The Kier molecular flexibility index (Phi) is 8.99. The molecule has 3 atom stereocenters. The molecule has 3 saturated heterocycles. The number of hydrogen-bond acceptors (Lipinski definition) is 8. The maximum atomic E-state index is 17.1. The Hall–Kier alpha value is -4.60. The van der Waals surface area contributed by atoms with Gasteiger partial charge in [0.25, 0.3) is 5.91 Å². The molecule has 4 aromatic rings. The Labute approximate surface area is 292 Å². The van der Waals surface area contributed by atoms with Crippen molar-refractivity contribution in [2.75, 3.05) is 44.2 Å². The lowest BCUT2D eigenvalue weighted by atomic mass is 9.92. The minimum absolute atomic E-state index is 0.0397. The SMILES string of the molecule is C=C(F)C(=O)N1CCN(c2nc(OC[C@@]34CCCN3C[C@H](F)C4)nc3c(F)c(-c4cc(O)cc5ccc(Cl)c(CC)c45)ccc23)C[C@@H]1CC#N. The summed E-state index contributed by atoms with van der Waals surface area (Å²) < 4.78 is 51.7. The second kappa shape index (κ2) is 13.3. The number of halogens is 4. The van der Waals surface area contributed by atoms with E-state index in [1.807, 2.05) is 11.8 Å². The first-order valence-electron chi connectivity index (χ1n) is 16.8. The molecule has 0 bridgehead atoms. The molecular weight excluding hydrogens is 669 g/mol. The van der Waals surface area contributed by atoms with Gasteiger partial charge < -0.3 is 19.6 Å². The van der Waals surface area contributed by atoms with Crippen LogP contribution in [0, 0.1) is 17.1 Å². The number of aromatic hydroxyl groups is 1. The fourth-order valence-corrected chi connectivity index (χ4v) is 8.39. The molecule has 1 amide bonds. The van der Waals surface area contributed by atoms with E-state index in [0.29, 0.717) is 51.9 Å². The zero-order valence-corrected chi connectivity index (χ0v) is 28.3. The molecule has 0 radical (unpaired) electrons. The maximum Gasteiger partial charge on any atom is 0.319 e. The number of carbonyl (C=O) groups excluding carboxylic acids is 1. The normalized spacial score (nSPS) is 22.2. The molecule has 1 aromatic heterocycles. The van der Waals surface area contributed by atoms with Crippen LogP contribution in [0.4, 0.5) is 19.0 Å². The first kappa shape index (κ1) is 33.9. The monoisotopic (exact) mass is 704 g/mol. The number of amides is 1. The van der Waals surface area contributed by atoms with Crippen molar-refractivity contribution in [2.24, 2.45) is 0 Å². The van der Waals surface area contributed by atoms with Gasteiger partial charge in [-0.15, -0.1) is 0 Å². The second-order valence-electron chi connectivity index (χ2n) is 13.4. The van der Waals surface area contributed by atoms with Crippen LogP contribution in [-0.4, -0.2) is 87.9 Å². The number of alkyl halides is 1. The number of piperazine rings is 1. The van der Waals surface area contributed by atoms with Crippen LogP contribution < -0.4 is 9.64 Å². The van der Waals surface area contributed by atoms with Gasteiger partial charge in [-0.05, 0) is 72.0 Å². The predicted octanol–water partition coefficient (Wildman–Crippen LogP) is 6.88. The van der Waals surface area contributed by atoms with Crippen molar-refractivity contribution in [3.05, 3.63) is 65.2 Å². The molecule has 0 spiro atoms. The van der Waals surface area contributed by atoms with E-state index in [-0.39, 0.29) is 55.5 Å². The van der Waals surface area contributed by atoms with Crippen LogP contribution in [0.1, 0.15) is 38.2 Å². The Bertz CT molecular complexity index is 2070. The molecule has 0 unspecified atom stereocenters. The molecule has 0 saturated carbocycles. The van der Waals surface area contributed by atoms with Gasteiger partial charge in [0.05, 0.1) is 24.1 Å². The molecule has 1 N–H and O–H groups in total. The summed E-state index contributed by atoms with van der Waals surface area (Å²) in [6.07, 6.45) is 1.52. The lowest BCUT2D eigenvalue weighted by Crippen LogP contribution is -2.55. The number of nitrogens with zero attached hydrogens (tertiary/aromatic N) is 6. The van der Waals surface area contributed by atoms with Crippen molar-refractivity contribution in [1.29, 1.82) is 5.26 Å². The zero-order chi connectivity index (χ0) is 35.3. The molecule has 4 heterocycles. The van der Waals surface area contributed by atoms with Crippen LogP contribution in [0.2, 0.25) is 5.02 Å². The van der Waals surface area contributed by atoms with Gasteiger partial charge in [-0.1, -0.05) is 37.2 Å². The Morgan fingerprint density at radius 3 is 2.76 bits per heavy atom. The fourth-order valence-electron chi connectivity index (χ4n) is 8.10. The lowest BCUT2D eigenvalue weighted by Gasteiger charge is -2.41. The summed E-state index contributed by atoms with van der Waals surface area (Å²) in [5.74, 6) is -2.40. The molecule has 7 rings (SSSR count). The number of fused-ring (bicyclic) bond motifs is 3. The van der Waals surface area contributed by atoms with Crippen LogP contribution >= 0.6 is 11.6 Å². The van der Waals surface area contributed by atoms with Crippen molar-refractivity contribution >= 4 is 45.0 Å². The number of benzene rings is 3. The maximum absolute atomic E-state index is 17.1. The summed E-state index contributed by atoms with van der Waals surface area (Å²) in [6, 6.07) is 11.2. The average molecular weight is 705 g/mol. The Morgan fingerprint density at radius 1 is 1.18 bits per heavy atom. The Morgan fingerprint density at radius 2 is 2.00 bits per heavy atom. The van der Waals surface area contributed by atoms with Crippen LogP contribution in [0.3, 0.4) is 0 Å². The van der Waals surface area contributed by atoms with Crippen molar-refractivity contribution in [1.82, 2.24) is 19.8 Å². The standard InChI is InChI=1S/C37H36ClF3N6O3/c1-3-26-30(38)8-5-22-15-25(48)16-29(31(22)26)27-6-7-28-33(32(27)41)43-36(50-20-37-10-4-12-46(37)18-23(40)17-37)44-34(28)45-13-14-47(35(49)21(2)39)24(19-45)9-11-42/h5-8,15-16,23-24,48H,2-4,9-10,12-14,17-20H2,1H3/t23-,24+,37+/m1/s1. The van der Waals surface area contributed by atoms with Gasteiger partial charge in [0.15, 0.2) is 11.6 Å². The van der Waals surface area contributed by atoms with Crippen molar-refractivity contribution in [2.45, 2.75) is 56.8 Å². The van der Waals surface area contributed by atoms with Crippen LogP contribution in [0.25, 0.3) is 32.8 Å². The number of aryl methyl sites for hydroxylation is 1. The number of ether oxygens (including phenoxy) is 1. The van der Waals surface area contributed by atoms with E-state index in [4.69, 9.17) is 21.3 Å². The highest BCUT2D eigenvalue weighted by atomic mass is 35.5. The molecule has 50 heavy (non-hydrogen) atoms. The predicted molar refractivity (Wildman–Crippen MR) is 185 cm³/mol. The van der Waals surface area contributed by atoms with Gasteiger partial charge in [-0.2, -0.15) is 15.2 Å². The molecular formula is C37H36ClF3N6O3. The third kappa shape index (κ3) is 5.86. The summed E-state index contributed by atoms with van der Waals surface area (Å²) >= 11 is 6.59. The van der Waals surface area contributed by atoms with E-state index < -0.39 is 35.3 Å². The van der Waals surface area contributed by atoms with E-state index in [9.17, 15) is 23.9 Å². The third-order valence-corrected chi connectivity index (χ3v) is 10.7. The zero-order valence-electron chi connectivity index (χ0n) is 27.6. The number of nitriles is 1. The average Bonchev–Trinajstić information content (AvgIpc) is 3.62.